The molecule has 0 saturated carbocycles. The van der Waals surface area contributed by atoms with E-state index in [2.05, 4.69) is 5.32 Å². The molecule has 10 heteroatoms. The number of halogens is 2. The highest BCUT2D eigenvalue weighted by molar-refractivity contribution is 7.80. The van der Waals surface area contributed by atoms with Gasteiger partial charge in [0, 0.05) is 24.5 Å². The molecule has 1 atom stereocenters. The van der Waals surface area contributed by atoms with Crippen LogP contribution in [0.3, 0.4) is 0 Å². The number of ether oxygens (including phenoxy) is 2. The maximum atomic E-state index is 13.8. The molecule has 2 aliphatic heterocycles. The molecule has 1 amide bonds. The van der Waals surface area contributed by atoms with Gasteiger partial charge in [-0.2, -0.15) is 0 Å². The third-order valence-electron chi connectivity index (χ3n) is 5.84. The normalized spacial score (nSPS) is 18.6. The number of carbonyl (C=O) groups excluding carboxylic acids is 2. The first-order chi connectivity index (χ1) is 16.3. The van der Waals surface area contributed by atoms with Crippen molar-refractivity contribution >= 4 is 46.5 Å². The van der Waals surface area contributed by atoms with Gasteiger partial charge in [-0.25, -0.2) is 9.18 Å². The van der Waals surface area contributed by atoms with Gasteiger partial charge in [-0.15, -0.1) is 0 Å². The Morgan fingerprint density at radius 1 is 1.18 bits per heavy atom. The minimum Gasteiger partial charge on any atom is -0.465 e. The monoisotopic (exact) mass is 503 g/mol. The number of hydrogen-bond donors (Lipinski definition) is 1. The third-order valence-corrected chi connectivity index (χ3v) is 6.43. The molecule has 1 N–H and O–H groups in total. The summed E-state index contributed by atoms with van der Waals surface area (Å²) >= 11 is 11.7. The molecular weight excluding hydrogens is 481 g/mol. The minimum absolute atomic E-state index is 0.0466. The Hall–Kier alpha value is -3.01. The first kappa shape index (κ1) is 24.1. The van der Waals surface area contributed by atoms with Crippen LogP contribution in [0.4, 0.5) is 10.1 Å². The van der Waals surface area contributed by atoms with Crippen molar-refractivity contribution in [1.82, 2.24) is 10.2 Å². The van der Waals surface area contributed by atoms with Crippen LogP contribution in [-0.4, -0.2) is 55.3 Å². The molecule has 0 aliphatic carbocycles. The van der Waals surface area contributed by atoms with Crippen molar-refractivity contribution in [3.8, 4) is 0 Å². The van der Waals surface area contributed by atoms with Crippen LogP contribution in [0.2, 0.25) is 5.02 Å². The lowest BCUT2D eigenvalue weighted by atomic mass is 9.93. The summed E-state index contributed by atoms with van der Waals surface area (Å²) < 4.78 is 24.0. The quantitative estimate of drug-likeness (QED) is 0.502. The van der Waals surface area contributed by atoms with E-state index in [0.29, 0.717) is 53.9 Å². The summed E-state index contributed by atoms with van der Waals surface area (Å²) in [7, 11) is 1.32. The van der Waals surface area contributed by atoms with Crippen molar-refractivity contribution in [1.29, 1.82) is 0 Å². The highest BCUT2D eigenvalue weighted by atomic mass is 35.5. The summed E-state index contributed by atoms with van der Waals surface area (Å²) in [6.45, 7) is 3.65. The molecule has 4 rings (SSSR count). The topological polar surface area (TPSA) is 71.1 Å². The van der Waals surface area contributed by atoms with Crippen LogP contribution >= 0.6 is 23.8 Å². The smallest absolute Gasteiger partial charge is 0.337 e. The summed E-state index contributed by atoms with van der Waals surface area (Å²) in [5.74, 6) is -1.15. The summed E-state index contributed by atoms with van der Waals surface area (Å²) in [6, 6.07) is 10.5. The second-order valence-electron chi connectivity index (χ2n) is 7.83. The predicted octanol–water partition coefficient (Wildman–Crippen LogP) is 3.83. The van der Waals surface area contributed by atoms with Gasteiger partial charge in [0.1, 0.15) is 5.82 Å². The number of rotatable bonds is 4. The van der Waals surface area contributed by atoms with Crippen molar-refractivity contribution in [2.24, 2.45) is 0 Å². The van der Waals surface area contributed by atoms with Gasteiger partial charge in [-0.3, -0.25) is 9.69 Å². The zero-order valence-electron chi connectivity index (χ0n) is 18.6. The fourth-order valence-electron chi connectivity index (χ4n) is 4.07. The summed E-state index contributed by atoms with van der Waals surface area (Å²) in [6.07, 6.45) is 0. The number of thiocarbonyl (C=S) groups is 1. The van der Waals surface area contributed by atoms with Crippen LogP contribution in [-0.2, 0) is 14.3 Å². The Morgan fingerprint density at radius 3 is 2.47 bits per heavy atom. The Morgan fingerprint density at radius 2 is 1.85 bits per heavy atom. The van der Waals surface area contributed by atoms with Gasteiger partial charge in [0.15, 0.2) is 5.11 Å². The number of benzene rings is 2. The average molecular weight is 504 g/mol. The Kier molecular flexibility index (Phi) is 7.16. The number of carbonyl (C=O) groups is 2. The number of allylic oxidation sites excluding steroid dienone is 1. The fourth-order valence-corrected chi connectivity index (χ4v) is 4.61. The maximum Gasteiger partial charge on any atom is 0.337 e. The third kappa shape index (κ3) is 4.64. The van der Waals surface area contributed by atoms with Gasteiger partial charge in [-0.05, 0) is 55.0 Å². The van der Waals surface area contributed by atoms with Crippen LogP contribution < -0.4 is 10.2 Å². The number of amides is 1. The molecular formula is C24H23ClFN3O4S. The number of esters is 1. The lowest BCUT2D eigenvalue weighted by Gasteiger charge is -2.40. The van der Waals surface area contributed by atoms with E-state index in [9.17, 15) is 14.0 Å². The highest BCUT2D eigenvalue weighted by Gasteiger charge is 2.37. The molecule has 1 fully saturated rings. The van der Waals surface area contributed by atoms with Gasteiger partial charge >= 0.3 is 5.97 Å². The largest absolute Gasteiger partial charge is 0.465 e. The van der Waals surface area contributed by atoms with Crippen molar-refractivity contribution in [2.75, 3.05) is 38.3 Å². The van der Waals surface area contributed by atoms with Crippen LogP contribution in [0.25, 0.3) is 0 Å². The molecule has 0 spiro atoms. The first-order valence-electron chi connectivity index (χ1n) is 10.6. The second-order valence-corrected chi connectivity index (χ2v) is 8.63. The van der Waals surface area contributed by atoms with Gasteiger partial charge in [0.2, 0.25) is 0 Å². The molecule has 2 aromatic carbocycles. The van der Waals surface area contributed by atoms with E-state index in [1.807, 2.05) is 0 Å². The van der Waals surface area contributed by atoms with Crippen LogP contribution in [0.5, 0.6) is 0 Å². The number of morpholine rings is 1. The molecule has 1 saturated heterocycles. The standard InChI is InChI=1S/C24H23ClFN3O4S/c1-14-20(22(30)28-9-11-33-12-10-28)21(15-3-5-16(6-4-15)23(31)32-2)27-24(34)29(14)17-7-8-19(26)18(25)13-17/h3-8,13,21H,9-12H2,1-2H3,(H,27,34)/t21-/m0/s1. The van der Waals surface area contributed by atoms with E-state index in [1.165, 1.54) is 19.2 Å². The minimum atomic E-state index is -0.554. The summed E-state index contributed by atoms with van der Waals surface area (Å²) in [4.78, 5) is 29.0. The average Bonchev–Trinajstić information content (AvgIpc) is 2.85. The SMILES string of the molecule is COC(=O)c1ccc([C@@H]2NC(=S)N(c3ccc(F)c(Cl)c3)C(C)=C2C(=O)N2CCOCC2)cc1. The molecule has 2 heterocycles. The fraction of sp³-hybridized carbons (Fsp3) is 0.292. The molecule has 2 aromatic rings. The molecule has 7 nitrogen and oxygen atoms in total. The molecule has 178 valence electrons. The number of hydrogen-bond acceptors (Lipinski definition) is 5. The molecule has 2 aliphatic rings. The zero-order chi connectivity index (χ0) is 24.4. The number of nitrogens with one attached hydrogen (secondary N) is 1. The van der Waals surface area contributed by atoms with Crippen LogP contribution in [0.1, 0.15) is 28.9 Å². The van der Waals surface area contributed by atoms with E-state index < -0.39 is 17.8 Å². The molecule has 0 unspecified atom stereocenters. The van der Waals surface area contributed by atoms with Gasteiger partial charge in [0.25, 0.3) is 5.91 Å². The van der Waals surface area contributed by atoms with Crippen molar-refractivity contribution in [3.05, 3.63) is 75.7 Å². The first-order valence-corrected chi connectivity index (χ1v) is 11.4. The lowest BCUT2D eigenvalue weighted by molar-refractivity contribution is -0.131. The van der Waals surface area contributed by atoms with Gasteiger partial charge in [-0.1, -0.05) is 23.7 Å². The maximum absolute atomic E-state index is 13.8. The Bertz CT molecular complexity index is 1170. The predicted molar refractivity (Wildman–Crippen MR) is 130 cm³/mol. The molecule has 0 aromatic heterocycles. The van der Waals surface area contributed by atoms with Crippen LogP contribution in [0.15, 0.2) is 53.7 Å². The molecule has 0 bridgehead atoms. The van der Waals surface area contributed by atoms with E-state index in [1.54, 1.807) is 47.1 Å². The Balaban J connectivity index is 1.80. The summed E-state index contributed by atoms with van der Waals surface area (Å²) in [5.41, 5.74) is 2.77. The highest BCUT2D eigenvalue weighted by Crippen LogP contribution is 2.36. The molecule has 34 heavy (non-hydrogen) atoms. The van der Waals surface area contributed by atoms with Gasteiger partial charge < -0.3 is 19.7 Å². The lowest BCUT2D eigenvalue weighted by Crippen LogP contribution is -2.51. The number of nitrogens with zero attached hydrogens (tertiary/aromatic N) is 2. The van der Waals surface area contributed by atoms with Crippen molar-refractivity contribution < 1.29 is 23.5 Å². The van der Waals surface area contributed by atoms with Gasteiger partial charge in [0.05, 0.1) is 42.5 Å². The Labute approximate surface area is 207 Å². The van der Waals surface area contributed by atoms with Crippen LogP contribution in [0, 0.1) is 5.82 Å². The molecule has 0 radical (unpaired) electrons. The summed E-state index contributed by atoms with van der Waals surface area (Å²) in [5, 5.41) is 3.53. The van der Waals surface area contributed by atoms with E-state index in [0.717, 1.165) is 5.56 Å². The van der Waals surface area contributed by atoms with Crippen molar-refractivity contribution in [3.63, 3.8) is 0 Å². The number of methoxy groups -OCH3 is 1. The zero-order valence-corrected chi connectivity index (χ0v) is 20.2. The van der Waals surface area contributed by atoms with E-state index >= 15 is 0 Å². The van der Waals surface area contributed by atoms with Crippen molar-refractivity contribution in [2.45, 2.75) is 13.0 Å². The number of anilines is 1. The van der Waals surface area contributed by atoms with E-state index in [-0.39, 0.29) is 10.9 Å². The second kappa shape index (κ2) is 10.1. The van der Waals surface area contributed by atoms with E-state index in [4.69, 9.17) is 33.3 Å².